The van der Waals surface area contributed by atoms with Crippen LogP contribution in [0.3, 0.4) is 0 Å². The van der Waals surface area contributed by atoms with E-state index in [1.54, 1.807) is 34.9 Å². The molecule has 0 saturated heterocycles. The van der Waals surface area contributed by atoms with Gasteiger partial charge in [-0.25, -0.2) is 4.99 Å². The minimum absolute atomic E-state index is 0.00413. The minimum Gasteiger partial charge on any atom is -0.488 e. The maximum atomic E-state index is 13.6. The fraction of sp³-hybridized carbons (Fsp3) is 0.600. The van der Waals surface area contributed by atoms with Gasteiger partial charge in [-0.3, -0.25) is 4.79 Å². The van der Waals surface area contributed by atoms with E-state index in [0.29, 0.717) is 13.2 Å². The summed E-state index contributed by atoms with van der Waals surface area (Å²) in [5.74, 6) is 0.150. The Labute approximate surface area is 175 Å². The number of amides is 1. The molecule has 10 heteroatoms. The van der Waals surface area contributed by atoms with Gasteiger partial charge in [0.15, 0.2) is 5.96 Å². The zero-order valence-corrected chi connectivity index (χ0v) is 18.3. The first-order valence-corrected chi connectivity index (χ1v) is 9.44. The molecule has 0 radical (unpaired) electrons. The molecule has 0 aliphatic carbocycles. The van der Waals surface area contributed by atoms with Crippen LogP contribution in [0.1, 0.15) is 31.9 Å². The lowest BCUT2D eigenvalue weighted by atomic mass is 10.1. The van der Waals surface area contributed by atoms with Crippen molar-refractivity contribution in [3.63, 3.8) is 0 Å². The van der Waals surface area contributed by atoms with Crippen molar-refractivity contribution in [3.05, 3.63) is 29.3 Å². The molecular weight excluding hydrogens is 401 g/mol. The fourth-order valence-electron chi connectivity index (χ4n) is 2.30. The number of carbonyl (C=O) groups excluding carboxylic acids is 1. The number of hydrogen-bond acceptors (Lipinski definition) is 4. The van der Waals surface area contributed by atoms with Gasteiger partial charge < -0.3 is 25.0 Å². The van der Waals surface area contributed by atoms with Crippen LogP contribution in [-0.4, -0.2) is 63.3 Å². The average molecular weight is 432 g/mol. The Morgan fingerprint density at radius 2 is 1.83 bits per heavy atom. The number of hydrogen-bond donors (Lipinski definition) is 2. The number of ether oxygens (including phenoxy) is 2. The van der Waals surface area contributed by atoms with E-state index in [9.17, 15) is 18.0 Å². The van der Waals surface area contributed by atoms with E-state index in [4.69, 9.17) is 9.47 Å². The van der Waals surface area contributed by atoms with Crippen molar-refractivity contribution >= 4 is 11.9 Å². The number of rotatable bonds is 8. The number of alkyl halides is 3. The molecule has 0 fully saturated rings. The van der Waals surface area contributed by atoms with Crippen LogP contribution in [0.25, 0.3) is 0 Å². The van der Waals surface area contributed by atoms with Crippen molar-refractivity contribution in [3.8, 4) is 5.75 Å². The average Bonchev–Trinajstić information content (AvgIpc) is 2.61. The number of halogens is 3. The van der Waals surface area contributed by atoms with Crippen LogP contribution in [0.2, 0.25) is 0 Å². The molecule has 0 aliphatic heterocycles. The highest BCUT2D eigenvalue weighted by Gasteiger charge is 2.34. The van der Waals surface area contributed by atoms with Crippen molar-refractivity contribution in [2.45, 2.75) is 39.1 Å². The van der Waals surface area contributed by atoms with Crippen LogP contribution in [0, 0.1) is 0 Å². The van der Waals surface area contributed by atoms with Gasteiger partial charge in [0.2, 0.25) is 5.91 Å². The number of methoxy groups -OCH3 is 1. The molecule has 2 N–H and O–H groups in total. The molecule has 0 spiro atoms. The van der Waals surface area contributed by atoms with E-state index in [1.165, 1.54) is 24.1 Å². The summed E-state index contributed by atoms with van der Waals surface area (Å²) in [4.78, 5) is 17.4. The zero-order chi connectivity index (χ0) is 22.9. The van der Waals surface area contributed by atoms with Crippen molar-refractivity contribution in [1.29, 1.82) is 0 Å². The molecule has 1 aromatic carbocycles. The summed E-state index contributed by atoms with van der Waals surface area (Å²) >= 11 is 0. The Bertz CT molecular complexity index is 729. The third-order valence-corrected chi connectivity index (χ3v) is 3.72. The Morgan fingerprint density at radius 3 is 2.37 bits per heavy atom. The summed E-state index contributed by atoms with van der Waals surface area (Å²) in [5.41, 5.74) is -1.44. The summed E-state index contributed by atoms with van der Waals surface area (Å²) in [6.07, 6.45) is -4.56. The molecule has 0 aliphatic rings. The van der Waals surface area contributed by atoms with Crippen LogP contribution >= 0.6 is 0 Å². The monoisotopic (exact) mass is 432 g/mol. The number of benzene rings is 1. The van der Waals surface area contributed by atoms with Crippen molar-refractivity contribution < 1.29 is 27.4 Å². The van der Waals surface area contributed by atoms with Gasteiger partial charge >= 0.3 is 6.18 Å². The largest absolute Gasteiger partial charge is 0.488 e. The molecule has 30 heavy (non-hydrogen) atoms. The molecule has 0 bridgehead atoms. The number of nitrogens with zero attached hydrogens (tertiary/aromatic N) is 2. The summed E-state index contributed by atoms with van der Waals surface area (Å²) in [7, 11) is 4.74. The van der Waals surface area contributed by atoms with Crippen LogP contribution in [0.4, 0.5) is 13.2 Å². The summed E-state index contributed by atoms with van der Waals surface area (Å²) in [6, 6.07) is 3.83. The van der Waals surface area contributed by atoms with Crippen LogP contribution in [0.5, 0.6) is 5.75 Å². The van der Waals surface area contributed by atoms with Gasteiger partial charge in [-0.2, -0.15) is 13.2 Å². The standard InChI is InChI=1S/C20H31F3N4O3/c1-19(2,3)30-15-8-7-14(16(11-15)20(21,22)23)12-25-18(24-9-10-29-6)26-13-17(28)27(4)5/h7-8,11H,9-10,12-13H2,1-6H3,(H2,24,25,26). The highest BCUT2D eigenvalue weighted by Crippen LogP contribution is 2.35. The molecule has 1 aromatic rings. The molecule has 0 heterocycles. The number of guanidine groups is 1. The second-order valence-corrected chi connectivity index (χ2v) is 7.76. The lowest BCUT2D eigenvalue weighted by Gasteiger charge is -2.22. The normalized spacial score (nSPS) is 12.5. The maximum absolute atomic E-state index is 13.6. The molecule has 170 valence electrons. The van der Waals surface area contributed by atoms with Gasteiger partial charge in [-0.05, 0) is 38.5 Å². The van der Waals surface area contributed by atoms with E-state index in [0.717, 1.165) is 6.07 Å². The van der Waals surface area contributed by atoms with Gasteiger partial charge in [0.1, 0.15) is 11.4 Å². The van der Waals surface area contributed by atoms with Crippen LogP contribution in [0.15, 0.2) is 23.2 Å². The van der Waals surface area contributed by atoms with Crippen molar-refractivity contribution in [2.75, 3.05) is 40.9 Å². The highest BCUT2D eigenvalue weighted by atomic mass is 19.4. The molecule has 0 unspecified atom stereocenters. The first-order valence-electron chi connectivity index (χ1n) is 9.44. The molecule has 7 nitrogen and oxygen atoms in total. The highest BCUT2D eigenvalue weighted by molar-refractivity contribution is 5.86. The second kappa shape index (κ2) is 11.1. The third-order valence-electron chi connectivity index (χ3n) is 3.72. The number of aliphatic imine (C=N–C) groups is 1. The lowest BCUT2D eigenvalue weighted by Crippen LogP contribution is -2.43. The Morgan fingerprint density at radius 1 is 1.17 bits per heavy atom. The molecule has 0 atom stereocenters. The number of nitrogens with one attached hydrogen (secondary N) is 2. The molecule has 1 amide bonds. The van der Waals surface area contributed by atoms with Gasteiger partial charge in [-0.1, -0.05) is 6.07 Å². The van der Waals surface area contributed by atoms with Crippen molar-refractivity contribution in [1.82, 2.24) is 15.5 Å². The van der Waals surface area contributed by atoms with E-state index < -0.39 is 17.3 Å². The third kappa shape index (κ3) is 9.34. The van der Waals surface area contributed by atoms with E-state index in [2.05, 4.69) is 15.6 Å². The summed E-state index contributed by atoms with van der Waals surface area (Å²) in [6.45, 7) is 5.75. The first kappa shape index (κ1) is 25.5. The van der Waals surface area contributed by atoms with Crippen molar-refractivity contribution in [2.24, 2.45) is 4.99 Å². The van der Waals surface area contributed by atoms with Crippen LogP contribution < -0.4 is 15.4 Å². The Kier molecular flexibility index (Phi) is 9.41. The van der Waals surface area contributed by atoms with Crippen LogP contribution in [-0.2, 0) is 22.3 Å². The topological polar surface area (TPSA) is 75.2 Å². The van der Waals surface area contributed by atoms with E-state index in [1.807, 2.05) is 0 Å². The SMILES string of the molecule is COCCNC(=NCc1ccc(OC(C)(C)C)cc1C(F)(F)F)NCC(=O)N(C)C. The van der Waals surface area contributed by atoms with Gasteiger partial charge in [0.25, 0.3) is 0 Å². The second-order valence-electron chi connectivity index (χ2n) is 7.76. The predicted molar refractivity (Wildman–Crippen MR) is 110 cm³/mol. The minimum atomic E-state index is -4.56. The fourth-order valence-corrected chi connectivity index (χ4v) is 2.30. The molecule has 1 rings (SSSR count). The summed E-state index contributed by atoms with van der Waals surface area (Å²) < 4.78 is 51.2. The molecule has 0 saturated carbocycles. The lowest BCUT2D eigenvalue weighted by molar-refractivity contribution is -0.138. The molecule has 0 aromatic heterocycles. The van der Waals surface area contributed by atoms with E-state index >= 15 is 0 Å². The summed E-state index contributed by atoms with van der Waals surface area (Å²) in [5, 5.41) is 5.74. The van der Waals surface area contributed by atoms with Gasteiger partial charge in [-0.15, -0.1) is 0 Å². The molecular formula is C20H31F3N4O3. The van der Waals surface area contributed by atoms with Gasteiger partial charge in [0, 0.05) is 27.7 Å². The maximum Gasteiger partial charge on any atom is 0.416 e. The first-order chi connectivity index (χ1) is 13.8. The van der Waals surface area contributed by atoms with E-state index in [-0.39, 0.29) is 36.3 Å². The smallest absolute Gasteiger partial charge is 0.416 e. The zero-order valence-electron chi connectivity index (χ0n) is 18.3. The number of likely N-dealkylation sites (N-methyl/N-ethyl adjacent to an activating group) is 1. The quantitative estimate of drug-likeness (QED) is 0.375. The number of carbonyl (C=O) groups is 1. The van der Waals surface area contributed by atoms with Gasteiger partial charge in [0.05, 0.1) is 25.3 Å². The predicted octanol–water partition coefficient (Wildman–Crippen LogP) is 2.65. The Balaban J connectivity index is 3.07. The Hall–Kier alpha value is -2.49.